The Morgan fingerprint density at radius 2 is 1.78 bits per heavy atom. The van der Waals surface area contributed by atoms with Gasteiger partial charge in [0.1, 0.15) is 0 Å². The van der Waals surface area contributed by atoms with Crippen molar-refractivity contribution >= 4 is 23.8 Å². The SMILES string of the molecule is CSCCCCNC(=O)NCCCC(C)C(=O)O. The summed E-state index contributed by atoms with van der Waals surface area (Å²) in [6.07, 6.45) is 5.44. The molecule has 3 N–H and O–H groups in total. The van der Waals surface area contributed by atoms with Crippen LogP contribution in [-0.2, 0) is 4.79 Å². The minimum Gasteiger partial charge on any atom is -0.481 e. The molecule has 18 heavy (non-hydrogen) atoms. The van der Waals surface area contributed by atoms with Crippen LogP contribution in [0.2, 0.25) is 0 Å². The molecule has 0 aromatic heterocycles. The van der Waals surface area contributed by atoms with Crippen molar-refractivity contribution in [3.63, 3.8) is 0 Å². The Morgan fingerprint density at radius 3 is 2.33 bits per heavy atom. The van der Waals surface area contributed by atoms with Crippen LogP contribution in [0, 0.1) is 5.92 Å². The standard InChI is InChI=1S/C12H24N2O3S/c1-10(11(15)16)6-5-8-14-12(17)13-7-3-4-9-18-2/h10H,3-9H2,1-2H3,(H,15,16)(H2,13,14,17). The molecule has 0 bridgehead atoms. The number of hydrogen-bond donors (Lipinski definition) is 3. The van der Waals surface area contributed by atoms with Crippen molar-refractivity contribution in [2.75, 3.05) is 25.1 Å². The number of carboxylic acid groups (broad SMARTS) is 1. The van der Waals surface area contributed by atoms with Crippen LogP contribution >= 0.6 is 11.8 Å². The van der Waals surface area contributed by atoms with Crippen molar-refractivity contribution in [2.45, 2.75) is 32.6 Å². The normalized spacial score (nSPS) is 11.9. The van der Waals surface area contributed by atoms with Gasteiger partial charge in [0.05, 0.1) is 5.92 Å². The lowest BCUT2D eigenvalue weighted by Gasteiger charge is -2.08. The molecule has 0 rings (SSSR count). The molecular formula is C12H24N2O3S. The molecule has 2 amide bonds. The number of rotatable bonds is 10. The topological polar surface area (TPSA) is 78.4 Å². The summed E-state index contributed by atoms with van der Waals surface area (Å²) >= 11 is 1.81. The molecule has 0 saturated carbocycles. The van der Waals surface area contributed by atoms with Gasteiger partial charge in [0.2, 0.25) is 0 Å². The van der Waals surface area contributed by atoms with Gasteiger partial charge >= 0.3 is 12.0 Å². The van der Waals surface area contributed by atoms with Gasteiger partial charge in [0, 0.05) is 13.1 Å². The Kier molecular flexibility index (Phi) is 10.6. The minimum atomic E-state index is -0.784. The van der Waals surface area contributed by atoms with Crippen LogP contribution in [0.15, 0.2) is 0 Å². The van der Waals surface area contributed by atoms with E-state index in [1.54, 1.807) is 18.7 Å². The van der Waals surface area contributed by atoms with Crippen molar-refractivity contribution in [1.29, 1.82) is 0 Å². The van der Waals surface area contributed by atoms with Crippen molar-refractivity contribution in [3.05, 3.63) is 0 Å². The second-order valence-electron chi connectivity index (χ2n) is 4.26. The van der Waals surface area contributed by atoms with Crippen LogP contribution in [-0.4, -0.2) is 42.2 Å². The number of urea groups is 1. The van der Waals surface area contributed by atoms with Crippen molar-refractivity contribution in [2.24, 2.45) is 5.92 Å². The summed E-state index contributed by atoms with van der Waals surface area (Å²) in [5, 5.41) is 14.2. The van der Waals surface area contributed by atoms with Crippen LogP contribution in [0.3, 0.4) is 0 Å². The van der Waals surface area contributed by atoms with Gasteiger partial charge in [0.25, 0.3) is 0 Å². The average Bonchev–Trinajstić information content (AvgIpc) is 2.34. The predicted molar refractivity (Wildman–Crippen MR) is 75.1 cm³/mol. The summed E-state index contributed by atoms with van der Waals surface area (Å²) in [5.41, 5.74) is 0. The number of carboxylic acids is 1. The first-order valence-electron chi connectivity index (χ1n) is 6.31. The molecular weight excluding hydrogens is 252 g/mol. The van der Waals surface area contributed by atoms with E-state index in [9.17, 15) is 9.59 Å². The van der Waals surface area contributed by atoms with Gasteiger partial charge in [-0.15, -0.1) is 0 Å². The fourth-order valence-corrected chi connectivity index (χ4v) is 1.86. The van der Waals surface area contributed by atoms with Crippen LogP contribution in [0.5, 0.6) is 0 Å². The van der Waals surface area contributed by atoms with Gasteiger partial charge in [0.15, 0.2) is 0 Å². The monoisotopic (exact) mass is 276 g/mol. The Morgan fingerprint density at radius 1 is 1.17 bits per heavy atom. The van der Waals surface area contributed by atoms with Crippen LogP contribution in [0.4, 0.5) is 4.79 Å². The Balaban J connectivity index is 3.34. The summed E-state index contributed by atoms with van der Waals surface area (Å²) in [7, 11) is 0. The smallest absolute Gasteiger partial charge is 0.314 e. The summed E-state index contributed by atoms with van der Waals surface area (Å²) in [6.45, 7) is 2.89. The molecule has 6 heteroatoms. The number of unbranched alkanes of at least 4 members (excludes halogenated alkanes) is 1. The highest BCUT2D eigenvalue weighted by Gasteiger charge is 2.09. The lowest BCUT2D eigenvalue weighted by molar-refractivity contribution is -0.141. The molecule has 0 aromatic carbocycles. The first-order valence-corrected chi connectivity index (χ1v) is 7.70. The lowest BCUT2D eigenvalue weighted by atomic mass is 10.1. The number of carbonyl (C=O) groups is 2. The Bertz CT molecular complexity index is 249. The quantitative estimate of drug-likeness (QED) is 0.533. The average molecular weight is 276 g/mol. The number of aliphatic carboxylic acids is 1. The molecule has 1 unspecified atom stereocenters. The fourth-order valence-electron chi connectivity index (χ4n) is 1.37. The maximum Gasteiger partial charge on any atom is 0.314 e. The molecule has 0 aliphatic heterocycles. The van der Waals surface area contributed by atoms with E-state index in [1.165, 1.54) is 0 Å². The largest absolute Gasteiger partial charge is 0.481 e. The summed E-state index contributed by atoms with van der Waals surface area (Å²) in [5.74, 6) is -0.00855. The van der Waals surface area contributed by atoms with Gasteiger partial charge in [-0.25, -0.2) is 4.79 Å². The van der Waals surface area contributed by atoms with E-state index in [4.69, 9.17) is 5.11 Å². The molecule has 0 heterocycles. The van der Waals surface area contributed by atoms with Crippen LogP contribution in [0.1, 0.15) is 32.6 Å². The second kappa shape index (κ2) is 11.2. The van der Waals surface area contributed by atoms with Gasteiger partial charge in [-0.2, -0.15) is 11.8 Å². The van der Waals surface area contributed by atoms with Crippen molar-refractivity contribution < 1.29 is 14.7 Å². The number of hydrogen-bond acceptors (Lipinski definition) is 3. The lowest BCUT2D eigenvalue weighted by Crippen LogP contribution is -2.36. The molecule has 0 aromatic rings. The van der Waals surface area contributed by atoms with E-state index in [0.29, 0.717) is 25.9 Å². The third-order valence-corrected chi connectivity index (χ3v) is 3.28. The summed E-state index contributed by atoms with van der Waals surface area (Å²) in [6, 6.07) is -0.165. The van der Waals surface area contributed by atoms with Crippen LogP contribution in [0.25, 0.3) is 0 Å². The van der Waals surface area contributed by atoms with Gasteiger partial charge in [-0.05, 0) is 37.7 Å². The Labute approximate surface area is 113 Å². The first-order chi connectivity index (χ1) is 8.57. The highest BCUT2D eigenvalue weighted by molar-refractivity contribution is 7.98. The molecule has 5 nitrogen and oxygen atoms in total. The molecule has 0 aliphatic rings. The molecule has 0 fully saturated rings. The van der Waals surface area contributed by atoms with E-state index >= 15 is 0 Å². The number of amides is 2. The summed E-state index contributed by atoms with van der Waals surface area (Å²) < 4.78 is 0. The van der Waals surface area contributed by atoms with Gasteiger partial charge in [-0.1, -0.05) is 6.92 Å². The van der Waals surface area contributed by atoms with Gasteiger partial charge < -0.3 is 15.7 Å². The first kappa shape index (κ1) is 17.1. The Hall–Kier alpha value is -0.910. The number of carbonyl (C=O) groups excluding carboxylic acids is 1. The third-order valence-electron chi connectivity index (χ3n) is 2.58. The van der Waals surface area contributed by atoms with E-state index in [0.717, 1.165) is 18.6 Å². The zero-order valence-electron chi connectivity index (χ0n) is 11.2. The zero-order chi connectivity index (χ0) is 13.8. The van der Waals surface area contributed by atoms with E-state index < -0.39 is 5.97 Å². The maximum atomic E-state index is 11.3. The van der Waals surface area contributed by atoms with Crippen LogP contribution < -0.4 is 10.6 Å². The fraction of sp³-hybridized carbons (Fsp3) is 0.833. The van der Waals surface area contributed by atoms with Gasteiger partial charge in [-0.3, -0.25) is 4.79 Å². The van der Waals surface area contributed by atoms with Crippen molar-refractivity contribution in [3.8, 4) is 0 Å². The highest BCUT2D eigenvalue weighted by Crippen LogP contribution is 2.04. The molecule has 1 atom stereocenters. The second-order valence-corrected chi connectivity index (χ2v) is 5.25. The minimum absolute atomic E-state index is 0.165. The maximum absolute atomic E-state index is 11.3. The van der Waals surface area contributed by atoms with E-state index in [1.807, 2.05) is 0 Å². The predicted octanol–water partition coefficient (Wildman–Crippen LogP) is 1.93. The van der Waals surface area contributed by atoms with Crippen molar-refractivity contribution in [1.82, 2.24) is 10.6 Å². The summed E-state index contributed by atoms with van der Waals surface area (Å²) in [4.78, 5) is 21.9. The number of nitrogens with one attached hydrogen (secondary N) is 2. The zero-order valence-corrected chi connectivity index (χ0v) is 12.0. The highest BCUT2D eigenvalue weighted by atomic mass is 32.2. The molecule has 0 radical (unpaired) electrons. The number of thioether (sulfide) groups is 1. The molecule has 0 saturated heterocycles. The molecule has 0 aliphatic carbocycles. The molecule has 0 spiro atoms. The molecule has 106 valence electrons. The van der Waals surface area contributed by atoms with E-state index in [2.05, 4.69) is 16.9 Å². The van der Waals surface area contributed by atoms with E-state index in [-0.39, 0.29) is 11.9 Å². The third kappa shape index (κ3) is 10.3.